The Balaban J connectivity index is 1.63. The predicted octanol–water partition coefficient (Wildman–Crippen LogP) is 2.24. The highest BCUT2D eigenvalue weighted by Crippen LogP contribution is 2.23. The minimum atomic E-state index is -0.594. The van der Waals surface area contributed by atoms with Crippen molar-refractivity contribution in [1.82, 2.24) is 5.32 Å². The quantitative estimate of drug-likeness (QED) is 0.619. The largest absolute Gasteiger partial charge is 0.497 e. The Morgan fingerprint density at radius 1 is 1.38 bits per heavy atom. The van der Waals surface area contributed by atoms with Crippen LogP contribution in [0.5, 0.6) is 5.75 Å². The number of carbonyl (C=O) groups excluding carboxylic acids is 2. The van der Waals surface area contributed by atoms with Crippen LogP contribution in [0, 0.1) is 0 Å². The molecule has 0 saturated carbocycles. The lowest BCUT2D eigenvalue weighted by atomic mass is 10.2. The Morgan fingerprint density at radius 3 is 2.88 bits per heavy atom. The Bertz CT molecular complexity index is 831. The summed E-state index contributed by atoms with van der Waals surface area (Å²) in [7, 11) is 1.57. The fourth-order valence-corrected chi connectivity index (χ4v) is 3.08. The summed E-state index contributed by atoms with van der Waals surface area (Å²) in [6.07, 6.45) is 3.00. The van der Waals surface area contributed by atoms with Gasteiger partial charge in [0.2, 0.25) is 11.8 Å². The molecule has 2 amide bonds. The number of hydrogen-bond donors (Lipinski definition) is 2. The highest BCUT2D eigenvalue weighted by Gasteiger charge is 2.30. The van der Waals surface area contributed by atoms with Gasteiger partial charge in [0, 0.05) is 12.1 Å². The average molecular weight is 372 g/mol. The van der Waals surface area contributed by atoms with Crippen molar-refractivity contribution in [3.63, 3.8) is 0 Å². The second kappa shape index (κ2) is 8.34. The molecule has 0 bridgehead atoms. The van der Waals surface area contributed by atoms with Crippen LogP contribution >= 0.6 is 11.8 Å². The number of benzene rings is 1. The number of hydrogen-bond acceptors (Lipinski definition) is 7. The van der Waals surface area contributed by atoms with Gasteiger partial charge in [0.25, 0.3) is 0 Å². The fraction of sp³-hybridized carbons (Fsp3) is 0.176. The molecule has 1 atom stereocenters. The first-order valence-electron chi connectivity index (χ1n) is 7.70. The number of carbonyl (C=O) groups is 2. The number of amides is 2. The Morgan fingerprint density at radius 2 is 2.19 bits per heavy atom. The molecule has 2 aromatic rings. The molecule has 1 aliphatic heterocycles. The molecule has 0 spiro atoms. The van der Waals surface area contributed by atoms with Crippen LogP contribution in [-0.4, -0.2) is 35.6 Å². The lowest BCUT2D eigenvalue weighted by molar-refractivity contribution is -0.123. The molecule has 0 radical (unpaired) electrons. The molecule has 1 aromatic carbocycles. The van der Waals surface area contributed by atoms with Crippen molar-refractivity contribution >= 4 is 40.6 Å². The molecule has 0 unspecified atom stereocenters. The van der Waals surface area contributed by atoms with Crippen molar-refractivity contribution in [3.05, 3.63) is 48.4 Å². The number of anilines is 1. The van der Waals surface area contributed by atoms with Crippen molar-refractivity contribution in [3.8, 4) is 5.75 Å². The number of nitrogens with zero attached hydrogens (tertiary/aromatic N) is 2. The van der Waals surface area contributed by atoms with Gasteiger partial charge in [-0.15, -0.1) is 5.10 Å². The molecule has 26 heavy (non-hydrogen) atoms. The molecule has 1 fully saturated rings. The van der Waals surface area contributed by atoms with E-state index in [4.69, 9.17) is 9.15 Å². The third kappa shape index (κ3) is 4.73. The van der Waals surface area contributed by atoms with Gasteiger partial charge in [-0.05, 0) is 36.4 Å². The van der Waals surface area contributed by atoms with E-state index in [0.29, 0.717) is 17.2 Å². The van der Waals surface area contributed by atoms with Gasteiger partial charge in [0.1, 0.15) is 16.8 Å². The van der Waals surface area contributed by atoms with Crippen LogP contribution in [-0.2, 0) is 9.59 Å². The Labute approximate surface area is 153 Å². The van der Waals surface area contributed by atoms with Crippen LogP contribution < -0.4 is 15.4 Å². The third-order valence-electron chi connectivity index (χ3n) is 3.40. The first kappa shape index (κ1) is 17.7. The SMILES string of the molecule is COc1ccc(NC(=O)[C@@H]2CC(=O)NC(=N/N=C\c3ccco3)S2)cc1. The predicted molar refractivity (Wildman–Crippen MR) is 99.5 cm³/mol. The van der Waals surface area contributed by atoms with Gasteiger partial charge in [-0.25, -0.2) is 0 Å². The maximum Gasteiger partial charge on any atom is 0.238 e. The second-order valence-corrected chi connectivity index (χ2v) is 6.43. The van der Waals surface area contributed by atoms with E-state index in [9.17, 15) is 9.59 Å². The van der Waals surface area contributed by atoms with E-state index in [1.54, 1.807) is 43.5 Å². The summed E-state index contributed by atoms with van der Waals surface area (Å²) in [5, 5.41) is 12.8. The van der Waals surface area contributed by atoms with Gasteiger partial charge in [0.15, 0.2) is 5.17 Å². The monoisotopic (exact) mass is 372 g/mol. The van der Waals surface area contributed by atoms with Crippen molar-refractivity contribution < 1.29 is 18.7 Å². The molecule has 3 rings (SSSR count). The van der Waals surface area contributed by atoms with E-state index in [1.807, 2.05) is 0 Å². The standard InChI is InChI=1S/C17H16N4O4S/c1-24-12-6-4-11(5-7-12)19-16(23)14-9-15(22)20-17(26-14)21-18-10-13-3-2-8-25-13/h2-8,10,14H,9H2,1H3,(H,19,23)(H,20,21,22)/b18-10-/t14-/m0/s1. The zero-order chi connectivity index (χ0) is 18.4. The Hall–Kier alpha value is -3.07. The molecule has 1 aromatic heterocycles. The molecule has 2 N–H and O–H groups in total. The smallest absolute Gasteiger partial charge is 0.238 e. The van der Waals surface area contributed by atoms with E-state index in [-0.39, 0.29) is 23.4 Å². The van der Waals surface area contributed by atoms with E-state index >= 15 is 0 Å². The summed E-state index contributed by atoms with van der Waals surface area (Å²) in [4.78, 5) is 24.3. The highest BCUT2D eigenvalue weighted by atomic mass is 32.2. The summed E-state index contributed by atoms with van der Waals surface area (Å²) in [5.41, 5.74) is 0.622. The molecule has 1 aliphatic rings. The van der Waals surface area contributed by atoms with E-state index in [2.05, 4.69) is 20.8 Å². The number of rotatable bonds is 5. The number of amidine groups is 1. The van der Waals surface area contributed by atoms with Crippen molar-refractivity contribution in [2.24, 2.45) is 10.2 Å². The van der Waals surface area contributed by atoms with Crippen molar-refractivity contribution in [2.75, 3.05) is 12.4 Å². The molecule has 9 heteroatoms. The van der Waals surface area contributed by atoms with E-state index in [0.717, 1.165) is 11.8 Å². The van der Waals surface area contributed by atoms with Gasteiger partial charge in [-0.2, -0.15) is 5.10 Å². The number of nitrogens with one attached hydrogen (secondary N) is 2. The van der Waals surface area contributed by atoms with Crippen LogP contribution in [0.3, 0.4) is 0 Å². The second-order valence-electron chi connectivity index (χ2n) is 5.24. The van der Waals surface area contributed by atoms with Crippen LogP contribution in [0.4, 0.5) is 5.69 Å². The van der Waals surface area contributed by atoms with Crippen LogP contribution in [0.15, 0.2) is 57.3 Å². The van der Waals surface area contributed by atoms with Crippen molar-refractivity contribution in [1.29, 1.82) is 0 Å². The maximum absolute atomic E-state index is 12.4. The molecule has 0 aliphatic carbocycles. The lowest BCUT2D eigenvalue weighted by Crippen LogP contribution is -2.41. The number of thioether (sulfide) groups is 1. The van der Waals surface area contributed by atoms with Gasteiger partial charge in [0.05, 0.1) is 19.6 Å². The summed E-state index contributed by atoms with van der Waals surface area (Å²) in [6, 6.07) is 10.4. The third-order valence-corrected chi connectivity index (χ3v) is 4.47. The lowest BCUT2D eigenvalue weighted by Gasteiger charge is -2.21. The molecular formula is C17H16N4O4S. The number of ether oxygens (including phenoxy) is 1. The van der Waals surface area contributed by atoms with Gasteiger partial charge in [-0.1, -0.05) is 11.8 Å². The van der Waals surface area contributed by atoms with Crippen molar-refractivity contribution in [2.45, 2.75) is 11.7 Å². The number of furan rings is 1. The number of methoxy groups -OCH3 is 1. The summed E-state index contributed by atoms with van der Waals surface area (Å²) >= 11 is 1.14. The highest BCUT2D eigenvalue weighted by molar-refractivity contribution is 8.15. The average Bonchev–Trinajstić information content (AvgIpc) is 3.15. The normalized spacial score (nSPS) is 18.7. The van der Waals surface area contributed by atoms with Gasteiger partial charge in [-0.3, -0.25) is 9.59 Å². The Kier molecular flexibility index (Phi) is 5.69. The van der Waals surface area contributed by atoms with Gasteiger partial charge < -0.3 is 19.8 Å². The molecular weight excluding hydrogens is 356 g/mol. The van der Waals surface area contributed by atoms with E-state index < -0.39 is 5.25 Å². The molecule has 134 valence electrons. The first-order chi connectivity index (χ1) is 12.6. The summed E-state index contributed by atoms with van der Waals surface area (Å²) in [6.45, 7) is 0. The van der Waals surface area contributed by atoms with Crippen LogP contribution in [0.1, 0.15) is 12.2 Å². The first-order valence-corrected chi connectivity index (χ1v) is 8.58. The van der Waals surface area contributed by atoms with Crippen LogP contribution in [0.2, 0.25) is 0 Å². The minimum absolute atomic E-state index is 0.0631. The van der Waals surface area contributed by atoms with E-state index in [1.165, 1.54) is 12.5 Å². The zero-order valence-electron chi connectivity index (χ0n) is 13.8. The zero-order valence-corrected chi connectivity index (χ0v) is 14.7. The van der Waals surface area contributed by atoms with Crippen LogP contribution in [0.25, 0.3) is 0 Å². The summed E-state index contributed by atoms with van der Waals surface area (Å²) in [5.74, 6) is 0.664. The fourth-order valence-electron chi connectivity index (χ4n) is 2.14. The molecule has 8 nitrogen and oxygen atoms in total. The maximum atomic E-state index is 12.4. The molecule has 2 heterocycles. The minimum Gasteiger partial charge on any atom is -0.497 e. The topological polar surface area (TPSA) is 105 Å². The summed E-state index contributed by atoms with van der Waals surface area (Å²) < 4.78 is 10.2. The van der Waals surface area contributed by atoms with Gasteiger partial charge >= 0.3 is 0 Å². The molecule has 1 saturated heterocycles.